The first kappa shape index (κ1) is 24.7. The molecule has 1 N–H and O–H groups in total. The second-order valence-corrected chi connectivity index (χ2v) is 10.2. The van der Waals surface area contributed by atoms with E-state index in [-0.39, 0.29) is 34.9 Å². The van der Waals surface area contributed by atoms with Crippen LogP contribution in [0.15, 0.2) is 83.8 Å². The molecule has 1 fully saturated rings. The predicted molar refractivity (Wildman–Crippen MR) is 149 cm³/mol. The van der Waals surface area contributed by atoms with Gasteiger partial charge in [0.1, 0.15) is 16.6 Å². The van der Waals surface area contributed by atoms with Crippen LogP contribution in [0.3, 0.4) is 0 Å². The fourth-order valence-electron chi connectivity index (χ4n) is 4.42. The van der Waals surface area contributed by atoms with E-state index in [0.29, 0.717) is 27.0 Å². The molecule has 0 aromatic heterocycles. The number of thioether (sulfide) groups is 1. The van der Waals surface area contributed by atoms with Crippen LogP contribution >= 0.6 is 24.0 Å². The fourth-order valence-corrected chi connectivity index (χ4v) is 5.91. The second kappa shape index (κ2) is 10.2. The summed E-state index contributed by atoms with van der Waals surface area (Å²) in [5.41, 5.74) is 2.99. The van der Waals surface area contributed by atoms with E-state index in [1.807, 2.05) is 37.3 Å². The minimum absolute atomic E-state index is 0.202. The van der Waals surface area contributed by atoms with Crippen LogP contribution in [-0.2, 0) is 14.4 Å². The van der Waals surface area contributed by atoms with Crippen LogP contribution in [0.2, 0.25) is 0 Å². The normalized spacial score (nSPS) is 17.7. The summed E-state index contributed by atoms with van der Waals surface area (Å²) in [6.07, 6.45) is 0. The summed E-state index contributed by atoms with van der Waals surface area (Å²) in [5, 5.41) is 2.81. The number of benzene rings is 3. The molecule has 3 amide bonds. The first-order valence-corrected chi connectivity index (χ1v) is 12.8. The molecule has 186 valence electrons. The highest BCUT2D eigenvalue weighted by molar-refractivity contribution is 8.26. The van der Waals surface area contributed by atoms with Gasteiger partial charge in [-0.2, -0.15) is 0 Å². The number of hydrogen-bond acceptors (Lipinski definition) is 6. The quantitative estimate of drug-likeness (QED) is 0.357. The van der Waals surface area contributed by atoms with Gasteiger partial charge >= 0.3 is 0 Å². The number of fused-ring (bicyclic) bond motifs is 1. The number of thiocarbonyl (C=S) groups is 1. The van der Waals surface area contributed by atoms with E-state index < -0.39 is 5.91 Å². The minimum atomic E-state index is -0.404. The second-order valence-electron chi connectivity index (χ2n) is 8.52. The molecule has 0 spiro atoms. The van der Waals surface area contributed by atoms with E-state index in [2.05, 4.69) is 5.32 Å². The van der Waals surface area contributed by atoms with Crippen molar-refractivity contribution in [2.24, 2.45) is 0 Å². The molecule has 9 heteroatoms. The lowest BCUT2D eigenvalue weighted by Crippen LogP contribution is -2.35. The third-order valence-corrected chi connectivity index (χ3v) is 7.70. The molecule has 1 saturated heterocycles. The zero-order valence-corrected chi connectivity index (χ0v) is 21.8. The lowest BCUT2D eigenvalue weighted by atomic mass is 10.1. The van der Waals surface area contributed by atoms with Crippen LogP contribution < -0.4 is 15.0 Å². The number of hydrogen-bond donors (Lipinski definition) is 1. The number of amides is 3. The van der Waals surface area contributed by atoms with E-state index >= 15 is 0 Å². The van der Waals surface area contributed by atoms with E-state index in [9.17, 15) is 14.4 Å². The van der Waals surface area contributed by atoms with Gasteiger partial charge in [0.05, 0.1) is 29.3 Å². The highest BCUT2D eigenvalue weighted by atomic mass is 32.2. The molecule has 2 aliphatic heterocycles. The van der Waals surface area contributed by atoms with E-state index in [1.54, 1.807) is 60.5 Å². The molecule has 1 unspecified atom stereocenters. The predicted octanol–water partition coefficient (Wildman–Crippen LogP) is 5.01. The van der Waals surface area contributed by atoms with Gasteiger partial charge in [-0.15, -0.1) is 0 Å². The molecular weight excluding hydrogens is 506 g/mol. The standard InChI is InChI=1S/C28H23N3O4S2/c1-17(18-8-4-3-5-9-18)31-27(34)25(37-28(31)36)24-21-10-6-7-11-22(21)30(26(24)33)16-23(32)29-19-12-14-20(35-2)15-13-19/h3-15,17H,16H2,1-2H3,(H,29,32)/b25-24-. The van der Waals surface area contributed by atoms with Gasteiger partial charge < -0.3 is 10.1 Å². The maximum absolute atomic E-state index is 13.7. The Labute approximate surface area is 224 Å². The summed E-state index contributed by atoms with van der Waals surface area (Å²) in [6.45, 7) is 1.71. The summed E-state index contributed by atoms with van der Waals surface area (Å²) < 4.78 is 5.54. The molecule has 2 aliphatic rings. The van der Waals surface area contributed by atoms with Crippen LogP contribution in [0.5, 0.6) is 5.75 Å². The Morgan fingerprint density at radius 3 is 2.35 bits per heavy atom. The molecule has 37 heavy (non-hydrogen) atoms. The minimum Gasteiger partial charge on any atom is -0.497 e. The summed E-state index contributed by atoms with van der Waals surface area (Å²) >= 11 is 6.69. The van der Waals surface area contributed by atoms with Gasteiger partial charge in [0, 0.05) is 11.3 Å². The Kier molecular flexibility index (Phi) is 6.82. The SMILES string of the molecule is COc1ccc(NC(=O)CN2C(=O)/C(=C3\SC(=S)N(C(C)c4ccccc4)C3=O)c3ccccc32)cc1. The Morgan fingerprint density at radius 2 is 1.65 bits per heavy atom. The molecule has 7 nitrogen and oxygen atoms in total. The number of rotatable bonds is 6. The number of nitrogens with one attached hydrogen (secondary N) is 1. The van der Waals surface area contributed by atoms with Gasteiger partial charge in [0.15, 0.2) is 0 Å². The molecule has 3 aromatic rings. The smallest absolute Gasteiger partial charge is 0.267 e. The third kappa shape index (κ3) is 4.63. The van der Waals surface area contributed by atoms with Crippen LogP contribution in [0, 0.1) is 0 Å². The Morgan fingerprint density at radius 1 is 0.973 bits per heavy atom. The third-order valence-electron chi connectivity index (χ3n) is 6.29. The summed E-state index contributed by atoms with van der Waals surface area (Å²) in [4.78, 5) is 43.4. The Balaban J connectivity index is 1.43. The van der Waals surface area contributed by atoms with Crippen LogP contribution in [0.25, 0.3) is 5.57 Å². The molecule has 0 bridgehead atoms. The summed E-state index contributed by atoms with van der Waals surface area (Å²) in [7, 11) is 1.57. The Hall–Kier alpha value is -3.95. The number of para-hydroxylation sites is 1. The van der Waals surface area contributed by atoms with Gasteiger partial charge in [-0.3, -0.25) is 24.2 Å². The molecule has 3 aromatic carbocycles. The number of ether oxygens (including phenoxy) is 1. The molecule has 5 rings (SSSR count). The van der Waals surface area contributed by atoms with Crippen molar-refractivity contribution in [1.29, 1.82) is 0 Å². The van der Waals surface area contributed by atoms with Crippen molar-refractivity contribution in [3.63, 3.8) is 0 Å². The lowest BCUT2D eigenvalue weighted by Gasteiger charge is -2.23. The van der Waals surface area contributed by atoms with Crippen LogP contribution in [0.4, 0.5) is 11.4 Å². The van der Waals surface area contributed by atoms with E-state index in [0.717, 1.165) is 17.3 Å². The zero-order chi connectivity index (χ0) is 26.1. The number of carbonyl (C=O) groups excluding carboxylic acids is 3. The van der Waals surface area contributed by atoms with Crippen molar-refractivity contribution in [1.82, 2.24) is 4.90 Å². The first-order chi connectivity index (χ1) is 17.9. The summed E-state index contributed by atoms with van der Waals surface area (Å²) in [6, 6.07) is 23.4. The van der Waals surface area contributed by atoms with Gasteiger partial charge in [-0.05, 0) is 42.8 Å². The Bertz CT molecular complexity index is 1440. The van der Waals surface area contributed by atoms with Gasteiger partial charge in [-0.1, -0.05) is 72.5 Å². The summed E-state index contributed by atoms with van der Waals surface area (Å²) in [5.74, 6) is -0.405. The highest BCUT2D eigenvalue weighted by Gasteiger charge is 2.43. The van der Waals surface area contributed by atoms with Gasteiger partial charge in [-0.25, -0.2) is 0 Å². The molecule has 1 atom stereocenters. The van der Waals surface area contributed by atoms with Crippen molar-refractivity contribution in [2.45, 2.75) is 13.0 Å². The van der Waals surface area contributed by atoms with Crippen molar-refractivity contribution < 1.29 is 19.1 Å². The molecule has 0 radical (unpaired) electrons. The molecular formula is C28H23N3O4S2. The first-order valence-electron chi connectivity index (χ1n) is 11.6. The van der Waals surface area contributed by atoms with Crippen molar-refractivity contribution >= 4 is 63.0 Å². The van der Waals surface area contributed by atoms with Crippen molar-refractivity contribution in [3.8, 4) is 5.75 Å². The lowest BCUT2D eigenvalue weighted by molar-refractivity contribution is -0.123. The number of anilines is 2. The zero-order valence-electron chi connectivity index (χ0n) is 20.1. The topological polar surface area (TPSA) is 79.0 Å². The van der Waals surface area contributed by atoms with Crippen molar-refractivity contribution in [2.75, 3.05) is 23.9 Å². The molecule has 0 saturated carbocycles. The average molecular weight is 530 g/mol. The monoisotopic (exact) mass is 529 g/mol. The van der Waals surface area contributed by atoms with Crippen molar-refractivity contribution in [3.05, 3.63) is 94.9 Å². The molecule has 0 aliphatic carbocycles. The largest absolute Gasteiger partial charge is 0.497 e. The fraction of sp³-hybridized carbons (Fsp3) is 0.143. The maximum atomic E-state index is 13.7. The van der Waals surface area contributed by atoms with E-state index in [4.69, 9.17) is 17.0 Å². The van der Waals surface area contributed by atoms with Gasteiger partial charge in [0.25, 0.3) is 11.8 Å². The number of methoxy groups -OCH3 is 1. The molecule has 2 heterocycles. The van der Waals surface area contributed by atoms with E-state index in [1.165, 1.54) is 4.90 Å². The average Bonchev–Trinajstić information content (AvgIpc) is 3.36. The highest BCUT2D eigenvalue weighted by Crippen LogP contribution is 2.46. The number of carbonyl (C=O) groups is 3. The maximum Gasteiger partial charge on any atom is 0.267 e. The van der Waals surface area contributed by atoms with Crippen LogP contribution in [0.1, 0.15) is 24.1 Å². The van der Waals surface area contributed by atoms with Gasteiger partial charge in [0.2, 0.25) is 5.91 Å². The number of nitrogens with zero attached hydrogens (tertiary/aromatic N) is 2. The van der Waals surface area contributed by atoms with Crippen LogP contribution in [-0.4, -0.2) is 40.6 Å².